The minimum Gasteiger partial charge on any atom is -1.00 e. The van der Waals surface area contributed by atoms with Gasteiger partial charge in [0.05, 0.1) is 5.56 Å². The van der Waals surface area contributed by atoms with Crippen LogP contribution in [0.3, 0.4) is 0 Å². The zero-order valence-corrected chi connectivity index (χ0v) is 9.79. The van der Waals surface area contributed by atoms with Crippen LogP contribution in [-0.4, -0.2) is 5.84 Å². The molecule has 0 saturated carbocycles. The van der Waals surface area contributed by atoms with Crippen LogP contribution in [0.1, 0.15) is 5.56 Å². The van der Waals surface area contributed by atoms with Gasteiger partial charge in [0.25, 0.3) is 5.84 Å². The molecule has 0 aliphatic heterocycles. The molecule has 2 rings (SSSR count). The molecule has 0 heterocycles. The van der Waals surface area contributed by atoms with Crippen LogP contribution in [-0.2, 0) is 0 Å². The average molecular weight is 251 g/mol. The largest absolute Gasteiger partial charge is 1.00 e. The monoisotopic (exact) mass is 250 g/mol. The first kappa shape index (κ1) is 13.2. The maximum absolute atomic E-state index is 12.7. The molecule has 0 aliphatic rings. The van der Waals surface area contributed by atoms with Gasteiger partial charge in [-0.25, -0.2) is 4.39 Å². The summed E-state index contributed by atoms with van der Waals surface area (Å²) in [6, 6.07) is 13.8. The zero-order valence-electron chi connectivity index (χ0n) is 9.03. The van der Waals surface area contributed by atoms with E-state index in [-0.39, 0.29) is 18.2 Å². The SMILES string of the molecule is NC(=[NH2+])c1ccc(-c2ccc(F)cc2)cc1.[Cl-]. The van der Waals surface area contributed by atoms with Gasteiger partial charge in [-0.05, 0) is 35.4 Å². The van der Waals surface area contributed by atoms with Crippen LogP contribution in [0.25, 0.3) is 11.1 Å². The van der Waals surface area contributed by atoms with Crippen molar-refractivity contribution in [3.05, 3.63) is 59.9 Å². The van der Waals surface area contributed by atoms with E-state index in [9.17, 15) is 4.39 Å². The van der Waals surface area contributed by atoms with Gasteiger partial charge in [-0.3, -0.25) is 11.1 Å². The standard InChI is InChI=1S/C13H11FN2.ClH/c14-12-7-5-10(6-8-12)9-1-3-11(4-2-9)13(15)16;/h1-8H,(H3,15,16);1H. The average Bonchev–Trinajstić information content (AvgIpc) is 2.30. The summed E-state index contributed by atoms with van der Waals surface area (Å²) in [5.41, 5.74) is 8.23. The van der Waals surface area contributed by atoms with Gasteiger partial charge in [0.15, 0.2) is 0 Å². The Labute approximate surface area is 105 Å². The number of halogens is 2. The van der Waals surface area contributed by atoms with Crippen molar-refractivity contribution in [3.63, 3.8) is 0 Å². The Morgan fingerprint density at radius 2 is 1.29 bits per heavy atom. The molecule has 0 spiro atoms. The van der Waals surface area contributed by atoms with Crippen LogP contribution in [0.15, 0.2) is 48.5 Å². The lowest BCUT2D eigenvalue weighted by Crippen LogP contribution is -3.00. The Morgan fingerprint density at radius 3 is 1.71 bits per heavy atom. The fourth-order valence-corrected chi connectivity index (χ4v) is 1.50. The normalized spacial score (nSPS) is 9.47. The molecule has 0 unspecified atom stereocenters. The molecule has 0 radical (unpaired) electrons. The predicted octanol–water partition coefficient (Wildman–Crippen LogP) is -2.04. The van der Waals surface area contributed by atoms with Gasteiger partial charge >= 0.3 is 0 Å². The zero-order chi connectivity index (χ0) is 11.5. The molecule has 0 aromatic heterocycles. The maximum Gasteiger partial charge on any atom is 0.270 e. The molecule has 4 heteroatoms. The van der Waals surface area contributed by atoms with E-state index in [2.05, 4.69) is 0 Å². The second kappa shape index (κ2) is 5.46. The van der Waals surface area contributed by atoms with Gasteiger partial charge in [0.1, 0.15) is 5.82 Å². The summed E-state index contributed by atoms with van der Waals surface area (Å²) in [4.78, 5) is 0. The summed E-state index contributed by atoms with van der Waals surface area (Å²) in [7, 11) is 0. The second-order valence-electron chi connectivity index (χ2n) is 3.54. The van der Waals surface area contributed by atoms with Gasteiger partial charge in [-0.1, -0.05) is 24.3 Å². The highest BCUT2D eigenvalue weighted by Gasteiger charge is 2.02. The van der Waals surface area contributed by atoms with Crippen molar-refractivity contribution in [1.29, 1.82) is 0 Å². The molecule has 0 amide bonds. The summed E-state index contributed by atoms with van der Waals surface area (Å²) < 4.78 is 12.7. The minimum atomic E-state index is -0.236. The number of hydrogen-bond acceptors (Lipinski definition) is 0. The van der Waals surface area contributed by atoms with Gasteiger partial charge in [-0.15, -0.1) is 0 Å². The van der Waals surface area contributed by atoms with E-state index in [0.29, 0.717) is 5.84 Å². The minimum absolute atomic E-state index is 0. The van der Waals surface area contributed by atoms with E-state index >= 15 is 0 Å². The summed E-state index contributed by atoms with van der Waals surface area (Å²) in [6.07, 6.45) is 0. The molecular weight excluding hydrogens is 239 g/mol. The molecule has 17 heavy (non-hydrogen) atoms. The van der Waals surface area contributed by atoms with Crippen molar-refractivity contribution in [2.45, 2.75) is 0 Å². The molecule has 2 aromatic rings. The highest BCUT2D eigenvalue weighted by atomic mass is 35.5. The van der Waals surface area contributed by atoms with E-state index in [1.807, 2.05) is 24.3 Å². The lowest BCUT2D eigenvalue weighted by Gasteiger charge is -2.01. The molecule has 0 bridgehead atoms. The number of benzene rings is 2. The Bertz CT molecular complexity index is 506. The number of amidine groups is 1. The van der Waals surface area contributed by atoms with Crippen molar-refractivity contribution < 1.29 is 22.2 Å². The quantitative estimate of drug-likeness (QED) is 0.469. The summed E-state index contributed by atoms with van der Waals surface area (Å²) >= 11 is 0. The molecule has 0 saturated heterocycles. The fourth-order valence-electron chi connectivity index (χ4n) is 1.50. The number of nitrogens with two attached hydrogens (primary N) is 2. The highest BCUT2D eigenvalue weighted by molar-refractivity contribution is 5.93. The van der Waals surface area contributed by atoms with Crippen LogP contribution < -0.4 is 23.5 Å². The predicted molar refractivity (Wildman–Crippen MR) is 62.1 cm³/mol. The topological polar surface area (TPSA) is 51.6 Å². The van der Waals surface area contributed by atoms with Crippen LogP contribution in [0.4, 0.5) is 4.39 Å². The molecule has 88 valence electrons. The molecule has 0 aliphatic carbocycles. The molecule has 0 fully saturated rings. The van der Waals surface area contributed by atoms with Crippen molar-refractivity contribution in [2.24, 2.45) is 5.73 Å². The van der Waals surface area contributed by atoms with Gasteiger partial charge in [0, 0.05) is 0 Å². The molecular formula is C13H12ClFN2. The van der Waals surface area contributed by atoms with Gasteiger partial charge in [-0.2, -0.15) is 0 Å². The second-order valence-corrected chi connectivity index (χ2v) is 3.54. The number of rotatable bonds is 2. The lowest BCUT2D eigenvalue weighted by atomic mass is 10.0. The molecule has 4 N–H and O–H groups in total. The Balaban J connectivity index is 0.00000144. The van der Waals surface area contributed by atoms with Crippen LogP contribution in [0.5, 0.6) is 0 Å². The molecule has 2 aromatic carbocycles. The van der Waals surface area contributed by atoms with E-state index in [4.69, 9.17) is 11.1 Å². The smallest absolute Gasteiger partial charge is 0.270 e. The van der Waals surface area contributed by atoms with Gasteiger partial charge in [0.2, 0.25) is 0 Å². The maximum atomic E-state index is 12.7. The molecule has 2 nitrogen and oxygen atoms in total. The summed E-state index contributed by atoms with van der Waals surface area (Å²) in [5.74, 6) is 0.0607. The first-order chi connectivity index (χ1) is 7.66. The third-order valence-corrected chi connectivity index (χ3v) is 2.40. The van der Waals surface area contributed by atoms with Crippen molar-refractivity contribution in [1.82, 2.24) is 0 Å². The van der Waals surface area contributed by atoms with E-state index in [1.54, 1.807) is 12.1 Å². The van der Waals surface area contributed by atoms with Crippen LogP contribution in [0, 0.1) is 5.82 Å². The number of hydrogen-bond donors (Lipinski definition) is 2. The first-order valence-electron chi connectivity index (χ1n) is 4.91. The van der Waals surface area contributed by atoms with E-state index in [1.165, 1.54) is 12.1 Å². The Hall–Kier alpha value is -1.87. The summed E-state index contributed by atoms with van der Waals surface area (Å²) in [5, 5.41) is 5.47. The third-order valence-electron chi connectivity index (χ3n) is 2.40. The Kier molecular flexibility index (Phi) is 4.24. The van der Waals surface area contributed by atoms with Crippen molar-refractivity contribution in [2.75, 3.05) is 0 Å². The molecule has 0 atom stereocenters. The van der Waals surface area contributed by atoms with Crippen molar-refractivity contribution in [3.8, 4) is 11.1 Å². The van der Waals surface area contributed by atoms with Crippen LogP contribution >= 0.6 is 0 Å². The highest BCUT2D eigenvalue weighted by Crippen LogP contribution is 2.19. The van der Waals surface area contributed by atoms with E-state index in [0.717, 1.165) is 16.7 Å². The fraction of sp³-hybridized carbons (Fsp3) is 0. The first-order valence-corrected chi connectivity index (χ1v) is 4.91. The van der Waals surface area contributed by atoms with Gasteiger partial charge < -0.3 is 12.4 Å². The Morgan fingerprint density at radius 1 is 0.882 bits per heavy atom. The third kappa shape index (κ3) is 3.04. The summed E-state index contributed by atoms with van der Waals surface area (Å²) in [6.45, 7) is 0. The van der Waals surface area contributed by atoms with Crippen molar-refractivity contribution >= 4 is 5.84 Å². The van der Waals surface area contributed by atoms with E-state index < -0.39 is 0 Å². The van der Waals surface area contributed by atoms with Crippen LogP contribution in [0.2, 0.25) is 0 Å². The lowest BCUT2D eigenvalue weighted by molar-refractivity contribution is -0.114.